The first kappa shape index (κ1) is 31.5. The zero-order valence-electron chi connectivity index (χ0n) is 26.7. The molecule has 0 aliphatic carbocycles. The van der Waals surface area contributed by atoms with Crippen LogP contribution in [-0.4, -0.2) is 77.1 Å². The highest BCUT2D eigenvalue weighted by Gasteiger charge is 2.47. The van der Waals surface area contributed by atoms with Crippen molar-refractivity contribution in [3.63, 3.8) is 0 Å². The molecule has 6 heterocycles. The highest BCUT2D eigenvalue weighted by molar-refractivity contribution is 7.23. The van der Waals surface area contributed by atoms with Crippen LogP contribution < -0.4 is 15.4 Å². The predicted molar refractivity (Wildman–Crippen MR) is 183 cm³/mol. The van der Waals surface area contributed by atoms with Crippen LogP contribution in [0.5, 0.6) is 6.01 Å². The molecule has 2 aromatic carbocycles. The summed E-state index contributed by atoms with van der Waals surface area (Å²) in [4.78, 5) is 27.7. The van der Waals surface area contributed by atoms with Crippen molar-refractivity contribution in [2.75, 3.05) is 50.0 Å². The molecule has 4 saturated heterocycles. The van der Waals surface area contributed by atoms with Gasteiger partial charge in [0.25, 0.3) is 0 Å². The van der Waals surface area contributed by atoms with Crippen molar-refractivity contribution in [3.05, 3.63) is 40.4 Å². The third-order valence-corrected chi connectivity index (χ3v) is 12.5. The second kappa shape index (κ2) is 11.7. The van der Waals surface area contributed by atoms with Crippen LogP contribution in [0.1, 0.15) is 57.4 Å². The van der Waals surface area contributed by atoms with E-state index in [1.807, 2.05) is 0 Å². The molecule has 0 radical (unpaired) electrons. The number of aromatic nitrogens is 2. The number of thiophene rings is 1. The van der Waals surface area contributed by atoms with E-state index in [0.717, 1.165) is 75.8 Å². The summed E-state index contributed by atoms with van der Waals surface area (Å²) >= 11 is 7.89. The molecule has 0 saturated carbocycles. The number of ether oxygens (including phenoxy) is 1. The molecule has 9 nitrogen and oxygen atoms in total. The van der Waals surface area contributed by atoms with Gasteiger partial charge in [-0.1, -0.05) is 24.1 Å². The summed E-state index contributed by atoms with van der Waals surface area (Å²) in [7, 11) is 0. The van der Waals surface area contributed by atoms with E-state index in [4.69, 9.17) is 32.0 Å². The maximum atomic E-state index is 17.2. The summed E-state index contributed by atoms with van der Waals surface area (Å²) in [6.45, 7) is 6.60. The number of halogens is 3. The van der Waals surface area contributed by atoms with Crippen LogP contribution in [0.25, 0.3) is 32.1 Å². The SMILES string of the molecule is CC1CCCC2(CN(C=O)C2)CN1c1nc(OCC23CCCN2CCC3)nc2c(F)c(-c3ccc(F)c4sc(N)c(C#N)c34)c(Cl)cc12. The van der Waals surface area contributed by atoms with Crippen LogP contribution in [0.3, 0.4) is 0 Å². The lowest BCUT2D eigenvalue weighted by atomic mass is 9.76. The van der Waals surface area contributed by atoms with Crippen molar-refractivity contribution < 1.29 is 18.3 Å². The Kier molecular flexibility index (Phi) is 7.65. The summed E-state index contributed by atoms with van der Waals surface area (Å²) in [6.07, 6.45) is 8.07. The van der Waals surface area contributed by atoms with E-state index in [-0.39, 0.29) is 65.3 Å². The third-order valence-electron chi connectivity index (χ3n) is 11.2. The minimum absolute atomic E-state index is 0.0106. The Balaban J connectivity index is 1.30. The molecule has 1 amide bonds. The van der Waals surface area contributed by atoms with Crippen LogP contribution in [0.4, 0.5) is 19.6 Å². The standard InChI is InChI=1S/C35H36ClF2N7O2S/c1-20-5-2-8-34(15-43(16-34)19-46)17-45(20)32-22-13-24(36)27(21-6-7-25(37)30-26(21)23(14-39)31(40)48-30)28(38)29(22)41-33(42-32)47-18-35-9-3-11-44(35)12-4-10-35/h6-7,13,19-20H,2-5,8-12,15-18,40H2,1H3. The second-order valence-electron chi connectivity index (χ2n) is 14.1. The fourth-order valence-electron chi connectivity index (χ4n) is 8.82. The second-order valence-corrected chi connectivity index (χ2v) is 15.6. The Hall–Kier alpha value is -3.79. The van der Waals surface area contributed by atoms with Crippen molar-refractivity contribution >= 4 is 61.2 Å². The van der Waals surface area contributed by atoms with Gasteiger partial charge in [0.2, 0.25) is 6.41 Å². The number of nitrogen functional groups attached to an aromatic ring is 1. The Morgan fingerprint density at radius 1 is 1.17 bits per heavy atom. The number of fused-ring (bicyclic) bond motifs is 3. The van der Waals surface area contributed by atoms with Gasteiger partial charge in [-0.3, -0.25) is 9.69 Å². The number of hydrogen-bond acceptors (Lipinski definition) is 9. The number of amides is 1. The Labute approximate surface area is 286 Å². The monoisotopic (exact) mass is 691 g/mol. The molecule has 4 aliphatic rings. The molecule has 250 valence electrons. The number of carbonyl (C=O) groups is 1. The number of benzene rings is 2. The first-order chi connectivity index (χ1) is 23.2. The molecular weight excluding hydrogens is 656 g/mol. The quantitative estimate of drug-likeness (QED) is 0.221. The summed E-state index contributed by atoms with van der Waals surface area (Å²) in [6, 6.07) is 6.57. The van der Waals surface area contributed by atoms with Gasteiger partial charge >= 0.3 is 6.01 Å². The van der Waals surface area contributed by atoms with Crippen molar-refractivity contribution in [1.82, 2.24) is 19.8 Å². The number of nitrogens with zero attached hydrogens (tertiary/aromatic N) is 6. The highest BCUT2D eigenvalue weighted by Crippen LogP contribution is 2.47. The average Bonchev–Trinajstić information content (AvgIpc) is 3.70. The number of hydrogen-bond donors (Lipinski definition) is 1. The van der Waals surface area contributed by atoms with E-state index in [9.17, 15) is 14.4 Å². The number of anilines is 2. The van der Waals surface area contributed by atoms with Gasteiger partial charge in [-0.05, 0) is 76.2 Å². The summed E-state index contributed by atoms with van der Waals surface area (Å²) in [5.74, 6) is -0.721. The largest absolute Gasteiger partial charge is 0.461 e. The molecule has 2 N–H and O–H groups in total. The van der Waals surface area contributed by atoms with Crippen LogP contribution in [0.15, 0.2) is 18.2 Å². The minimum Gasteiger partial charge on any atom is -0.461 e. The van der Waals surface area contributed by atoms with E-state index in [0.29, 0.717) is 37.4 Å². The number of nitrogens with two attached hydrogens (primary N) is 1. The molecule has 0 bridgehead atoms. The van der Waals surface area contributed by atoms with Crippen molar-refractivity contribution in [3.8, 4) is 23.2 Å². The molecule has 2 aromatic heterocycles. The number of rotatable bonds is 6. The molecule has 1 unspecified atom stereocenters. The van der Waals surface area contributed by atoms with Crippen LogP contribution in [-0.2, 0) is 4.79 Å². The van der Waals surface area contributed by atoms with Gasteiger partial charge < -0.3 is 20.3 Å². The first-order valence-corrected chi connectivity index (χ1v) is 17.8. The topological polar surface area (TPSA) is 112 Å². The Morgan fingerprint density at radius 2 is 1.94 bits per heavy atom. The first-order valence-electron chi connectivity index (χ1n) is 16.6. The van der Waals surface area contributed by atoms with Crippen molar-refractivity contribution in [2.24, 2.45) is 5.41 Å². The maximum Gasteiger partial charge on any atom is 0.319 e. The predicted octanol–water partition coefficient (Wildman–Crippen LogP) is 6.74. The molecule has 8 rings (SSSR count). The molecule has 4 aliphatic heterocycles. The molecule has 4 fully saturated rings. The third kappa shape index (κ3) is 4.88. The van der Waals surface area contributed by atoms with E-state index < -0.39 is 11.6 Å². The van der Waals surface area contributed by atoms with Crippen LogP contribution >= 0.6 is 22.9 Å². The Morgan fingerprint density at radius 3 is 2.67 bits per heavy atom. The smallest absolute Gasteiger partial charge is 0.319 e. The molecular formula is C35H36ClF2N7O2S. The van der Waals surface area contributed by atoms with E-state index in [1.165, 1.54) is 12.1 Å². The maximum absolute atomic E-state index is 17.2. The summed E-state index contributed by atoms with van der Waals surface area (Å²) < 4.78 is 38.7. The van der Waals surface area contributed by atoms with E-state index in [1.54, 1.807) is 11.0 Å². The van der Waals surface area contributed by atoms with Crippen molar-refractivity contribution in [2.45, 2.75) is 63.5 Å². The fraction of sp³-hybridized carbons (Fsp3) is 0.486. The molecule has 48 heavy (non-hydrogen) atoms. The normalized spacial score (nSPS) is 21.8. The van der Waals surface area contributed by atoms with Gasteiger partial charge in [0.1, 0.15) is 34.8 Å². The lowest BCUT2D eigenvalue weighted by molar-refractivity contribution is -0.129. The minimum atomic E-state index is -0.706. The average molecular weight is 692 g/mol. The zero-order valence-corrected chi connectivity index (χ0v) is 28.3. The lowest BCUT2D eigenvalue weighted by Gasteiger charge is -2.50. The van der Waals surface area contributed by atoms with Gasteiger partial charge in [0.05, 0.1) is 20.8 Å². The van der Waals surface area contributed by atoms with Gasteiger partial charge in [0, 0.05) is 47.4 Å². The fourth-order valence-corrected chi connectivity index (χ4v) is 10.1. The lowest BCUT2D eigenvalue weighted by Crippen LogP contribution is -2.60. The van der Waals surface area contributed by atoms with Crippen molar-refractivity contribution in [1.29, 1.82) is 5.26 Å². The molecule has 1 atom stereocenters. The van der Waals surface area contributed by atoms with Gasteiger partial charge in [0.15, 0.2) is 5.82 Å². The summed E-state index contributed by atoms with van der Waals surface area (Å²) in [5, 5.41) is 10.8. The van der Waals surface area contributed by atoms with Crippen LogP contribution in [0.2, 0.25) is 5.02 Å². The Bertz CT molecular complexity index is 2000. The zero-order chi connectivity index (χ0) is 33.4. The molecule has 13 heteroatoms. The molecule has 1 spiro atoms. The van der Waals surface area contributed by atoms with Crippen LogP contribution in [0, 0.1) is 28.4 Å². The number of carbonyl (C=O) groups excluding carboxylic acids is 1. The van der Waals surface area contributed by atoms with E-state index >= 15 is 4.39 Å². The summed E-state index contributed by atoms with van der Waals surface area (Å²) in [5.41, 5.74) is 6.34. The highest BCUT2D eigenvalue weighted by atomic mass is 35.5. The number of likely N-dealkylation sites (tertiary alicyclic amines) is 1. The van der Waals surface area contributed by atoms with Gasteiger partial charge in [-0.25, -0.2) is 8.78 Å². The molecule has 4 aromatic rings. The number of nitriles is 1. The van der Waals surface area contributed by atoms with Gasteiger partial charge in [-0.15, -0.1) is 11.3 Å². The van der Waals surface area contributed by atoms with E-state index in [2.05, 4.69) is 22.8 Å². The van der Waals surface area contributed by atoms with Gasteiger partial charge in [-0.2, -0.15) is 15.2 Å².